The highest BCUT2D eigenvalue weighted by Gasteiger charge is 2.18. The Hall–Kier alpha value is -2.59. The summed E-state index contributed by atoms with van der Waals surface area (Å²) in [6.45, 7) is 2.64. The molecule has 0 fully saturated rings. The van der Waals surface area contributed by atoms with Gasteiger partial charge in [0.25, 0.3) is 0 Å². The lowest BCUT2D eigenvalue weighted by atomic mass is 10.2. The monoisotopic (exact) mass is 436 g/mol. The van der Waals surface area contributed by atoms with E-state index >= 15 is 0 Å². The fourth-order valence-electron chi connectivity index (χ4n) is 3.06. The second kappa shape index (κ2) is 11.0. The van der Waals surface area contributed by atoms with Crippen LogP contribution in [0.4, 0.5) is 0 Å². The Morgan fingerprint density at radius 2 is 1.90 bits per heavy atom. The molecule has 0 unspecified atom stereocenters. The first-order valence-corrected chi connectivity index (χ1v) is 11.6. The molecule has 1 aliphatic heterocycles. The van der Waals surface area contributed by atoms with Gasteiger partial charge in [-0.15, -0.1) is 0 Å². The van der Waals surface area contributed by atoms with E-state index in [0.29, 0.717) is 50.6 Å². The van der Waals surface area contributed by atoms with E-state index in [4.69, 9.17) is 9.47 Å². The minimum absolute atomic E-state index is 0.0255. The van der Waals surface area contributed by atoms with Crippen LogP contribution in [0.25, 0.3) is 0 Å². The lowest BCUT2D eigenvalue weighted by molar-refractivity contribution is -0.121. The van der Waals surface area contributed by atoms with Crippen LogP contribution in [0.15, 0.2) is 41.8 Å². The molecule has 1 aliphatic rings. The van der Waals surface area contributed by atoms with Crippen molar-refractivity contribution >= 4 is 15.9 Å². The van der Waals surface area contributed by atoms with Gasteiger partial charge in [0.2, 0.25) is 15.9 Å². The van der Waals surface area contributed by atoms with Crippen molar-refractivity contribution in [2.75, 3.05) is 26.3 Å². The second-order valence-electron chi connectivity index (χ2n) is 7.02. The number of imidazole rings is 1. The van der Waals surface area contributed by atoms with Gasteiger partial charge in [-0.25, -0.2) is 18.1 Å². The minimum atomic E-state index is -3.60. The van der Waals surface area contributed by atoms with Gasteiger partial charge in [-0.3, -0.25) is 4.79 Å². The van der Waals surface area contributed by atoms with Crippen LogP contribution in [-0.2, 0) is 21.4 Å². The number of hydrogen-bond acceptors (Lipinski definition) is 6. The van der Waals surface area contributed by atoms with Crippen LogP contribution < -0.4 is 19.5 Å². The maximum Gasteiger partial charge on any atom is 0.240 e. The zero-order chi connectivity index (χ0) is 21.2. The Kier molecular flexibility index (Phi) is 8.09. The van der Waals surface area contributed by atoms with Gasteiger partial charge in [-0.05, 0) is 31.4 Å². The summed E-state index contributed by atoms with van der Waals surface area (Å²) >= 11 is 0. The Labute approximate surface area is 176 Å². The number of ether oxygens (including phenoxy) is 2. The minimum Gasteiger partial charge on any atom is -0.486 e. The second-order valence-corrected chi connectivity index (χ2v) is 8.78. The summed E-state index contributed by atoms with van der Waals surface area (Å²) in [7, 11) is -3.60. The third kappa shape index (κ3) is 6.74. The van der Waals surface area contributed by atoms with E-state index in [9.17, 15) is 13.2 Å². The fraction of sp³-hybridized carbons (Fsp3) is 0.500. The quantitative estimate of drug-likeness (QED) is 0.490. The molecule has 1 amide bonds. The summed E-state index contributed by atoms with van der Waals surface area (Å²) < 4.78 is 40.2. The molecule has 3 rings (SSSR count). The predicted octanol–water partition coefficient (Wildman–Crippen LogP) is 1.70. The predicted molar refractivity (Wildman–Crippen MR) is 111 cm³/mol. The number of benzene rings is 1. The smallest absolute Gasteiger partial charge is 0.240 e. The number of fused-ring (bicyclic) bond motifs is 1. The van der Waals surface area contributed by atoms with Crippen LogP contribution >= 0.6 is 0 Å². The number of carbonyl (C=O) groups excluding carboxylic acids is 1. The lowest BCUT2D eigenvalue weighted by Gasteiger charge is -2.18. The highest BCUT2D eigenvalue weighted by Crippen LogP contribution is 2.32. The van der Waals surface area contributed by atoms with Crippen LogP contribution in [0.2, 0.25) is 0 Å². The van der Waals surface area contributed by atoms with Crippen LogP contribution in [0.1, 0.15) is 32.1 Å². The molecule has 0 saturated heterocycles. The molecule has 30 heavy (non-hydrogen) atoms. The fourth-order valence-corrected chi connectivity index (χ4v) is 4.15. The number of nitrogens with zero attached hydrogens (tertiary/aromatic N) is 2. The van der Waals surface area contributed by atoms with Gasteiger partial charge in [0.1, 0.15) is 13.2 Å². The van der Waals surface area contributed by atoms with Gasteiger partial charge in [-0.1, -0.05) is 6.42 Å². The van der Waals surface area contributed by atoms with Crippen LogP contribution in [0.5, 0.6) is 11.5 Å². The summed E-state index contributed by atoms with van der Waals surface area (Å²) in [4.78, 5) is 16.0. The van der Waals surface area contributed by atoms with Crippen molar-refractivity contribution in [1.29, 1.82) is 0 Å². The third-order valence-electron chi connectivity index (χ3n) is 4.67. The van der Waals surface area contributed by atoms with E-state index in [1.54, 1.807) is 18.6 Å². The van der Waals surface area contributed by atoms with E-state index in [1.165, 1.54) is 12.1 Å². The molecule has 0 bridgehead atoms. The molecule has 2 heterocycles. The molecule has 0 spiro atoms. The number of aryl methyl sites for hydroxylation is 1. The van der Waals surface area contributed by atoms with Gasteiger partial charge in [0, 0.05) is 44.5 Å². The Morgan fingerprint density at radius 1 is 1.07 bits per heavy atom. The molecular formula is C20H28N4O5S. The molecule has 0 saturated carbocycles. The first kappa shape index (κ1) is 22.1. The number of nitrogens with one attached hydrogen (secondary N) is 2. The zero-order valence-electron chi connectivity index (χ0n) is 16.9. The van der Waals surface area contributed by atoms with Gasteiger partial charge >= 0.3 is 0 Å². The van der Waals surface area contributed by atoms with Gasteiger partial charge < -0.3 is 19.4 Å². The largest absolute Gasteiger partial charge is 0.486 e. The maximum absolute atomic E-state index is 12.4. The van der Waals surface area contributed by atoms with Crippen molar-refractivity contribution in [3.63, 3.8) is 0 Å². The topological polar surface area (TPSA) is 112 Å². The molecule has 10 heteroatoms. The molecule has 2 N–H and O–H groups in total. The summed E-state index contributed by atoms with van der Waals surface area (Å²) in [5, 5.41) is 2.90. The normalized spacial score (nSPS) is 13.2. The average molecular weight is 437 g/mol. The number of aromatic nitrogens is 2. The number of unbranched alkanes of at least 4 members (excludes halogenated alkanes) is 2. The molecule has 9 nitrogen and oxygen atoms in total. The summed E-state index contributed by atoms with van der Waals surface area (Å²) in [5.41, 5.74) is 0. The van der Waals surface area contributed by atoms with Gasteiger partial charge in [0.15, 0.2) is 11.5 Å². The van der Waals surface area contributed by atoms with Crippen molar-refractivity contribution in [3.8, 4) is 11.5 Å². The molecule has 0 atom stereocenters. The van der Waals surface area contributed by atoms with Gasteiger partial charge in [-0.2, -0.15) is 0 Å². The molecule has 164 valence electrons. The Bertz CT molecular complexity index is 915. The van der Waals surface area contributed by atoms with E-state index in [0.717, 1.165) is 25.8 Å². The van der Waals surface area contributed by atoms with Crippen molar-refractivity contribution < 1.29 is 22.7 Å². The van der Waals surface area contributed by atoms with Crippen molar-refractivity contribution in [3.05, 3.63) is 36.9 Å². The van der Waals surface area contributed by atoms with Crippen molar-refractivity contribution in [2.24, 2.45) is 0 Å². The van der Waals surface area contributed by atoms with Gasteiger partial charge in [0.05, 0.1) is 11.2 Å². The zero-order valence-corrected chi connectivity index (χ0v) is 17.7. The van der Waals surface area contributed by atoms with Crippen LogP contribution in [-0.4, -0.2) is 50.2 Å². The van der Waals surface area contributed by atoms with E-state index in [-0.39, 0.29) is 10.8 Å². The number of hydrogen-bond donors (Lipinski definition) is 2. The Morgan fingerprint density at radius 3 is 2.70 bits per heavy atom. The first-order valence-electron chi connectivity index (χ1n) is 10.2. The van der Waals surface area contributed by atoms with E-state index in [1.807, 2.05) is 10.8 Å². The first-order chi connectivity index (χ1) is 14.5. The van der Waals surface area contributed by atoms with Crippen LogP contribution in [0, 0.1) is 0 Å². The van der Waals surface area contributed by atoms with Crippen molar-refractivity contribution in [2.45, 2.75) is 43.5 Å². The summed E-state index contributed by atoms with van der Waals surface area (Å²) in [6, 6.07) is 4.60. The number of sulfonamides is 1. The molecule has 0 radical (unpaired) electrons. The molecule has 1 aromatic heterocycles. The number of amides is 1. The maximum atomic E-state index is 12.4. The summed E-state index contributed by atoms with van der Waals surface area (Å²) in [5.74, 6) is 1.03. The highest BCUT2D eigenvalue weighted by atomic mass is 32.2. The molecular weight excluding hydrogens is 408 g/mol. The molecule has 2 aromatic rings. The number of rotatable bonds is 12. The van der Waals surface area contributed by atoms with E-state index < -0.39 is 10.0 Å². The standard InChI is InChI=1S/C20H28N4O5S/c25-20(22-8-4-11-24-12-10-21-16-24)5-2-1-3-9-23-30(26,27)17-6-7-18-19(15-17)29-14-13-28-18/h6-7,10,12,15-16,23H,1-5,8-9,11,13-14H2,(H,22,25). The third-order valence-corrected chi connectivity index (χ3v) is 6.13. The highest BCUT2D eigenvalue weighted by molar-refractivity contribution is 7.89. The molecule has 1 aromatic carbocycles. The lowest BCUT2D eigenvalue weighted by Crippen LogP contribution is -2.26. The van der Waals surface area contributed by atoms with Crippen molar-refractivity contribution in [1.82, 2.24) is 19.6 Å². The Balaban J connectivity index is 1.27. The SMILES string of the molecule is O=C(CCCCCNS(=O)(=O)c1ccc2c(c1)OCCO2)NCCCn1ccnc1. The number of carbonyl (C=O) groups is 1. The molecule has 0 aliphatic carbocycles. The van der Waals surface area contributed by atoms with Crippen LogP contribution in [0.3, 0.4) is 0 Å². The summed E-state index contributed by atoms with van der Waals surface area (Å²) in [6.07, 6.45) is 8.83. The average Bonchev–Trinajstić information content (AvgIpc) is 3.27. The van der Waals surface area contributed by atoms with E-state index in [2.05, 4.69) is 15.0 Å².